The zero-order valence-electron chi connectivity index (χ0n) is 19.3. The van der Waals surface area contributed by atoms with Crippen molar-refractivity contribution in [1.82, 2.24) is 0 Å². The Labute approximate surface area is 196 Å². The Bertz CT molecular complexity index is 1090. The average Bonchev–Trinajstić information content (AvgIpc) is 2.87. The molecule has 0 saturated carbocycles. The third-order valence-electron chi connectivity index (χ3n) is 5.71. The molecule has 0 aliphatic carbocycles. The van der Waals surface area contributed by atoms with E-state index in [-0.39, 0.29) is 0 Å². The van der Waals surface area contributed by atoms with Crippen LogP contribution in [0.25, 0.3) is 0 Å². The van der Waals surface area contributed by atoms with E-state index in [0.29, 0.717) is 0 Å². The van der Waals surface area contributed by atoms with Gasteiger partial charge < -0.3 is 14.2 Å². The molecule has 0 bridgehead atoms. The molecule has 0 spiro atoms. The van der Waals surface area contributed by atoms with E-state index in [9.17, 15) is 0 Å². The molecular weight excluding hydrogens is 408 g/mol. The third kappa shape index (κ3) is 6.63. The van der Waals surface area contributed by atoms with Gasteiger partial charge in [0.2, 0.25) is 0 Å². The number of ether oxygens (including phenoxy) is 3. The van der Waals surface area contributed by atoms with Gasteiger partial charge in [0.25, 0.3) is 0 Å². The van der Waals surface area contributed by atoms with Gasteiger partial charge in [-0.25, -0.2) is 0 Å². The zero-order chi connectivity index (χ0) is 22.9. The zero-order valence-corrected chi connectivity index (χ0v) is 19.3. The second kappa shape index (κ2) is 11.2. The number of methoxy groups -OCH3 is 2. The lowest BCUT2D eigenvalue weighted by atomic mass is 10.0. The Hall–Kier alpha value is -3.72. The van der Waals surface area contributed by atoms with Crippen LogP contribution in [0.5, 0.6) is 23.0 Å². The minimum Gasteiger partial charge on any atom is -0.497 e. The first-order chi connectivity index (χ1) is 16.2. The summed E-state index contributed by atoms with van der Waals surface area (Å²) in [5.74, 6) is 3.53. The quantitative estimate of drug-likeness (QED) is 0.265. The highest BCUT2D eigenvalue weighted by molar-refractivity contribution is 5.37. The predicted octanol–water partition coefficient (Wildman–Crippen LogP) is 7.07. The van der Waals surface area contributed by atoms with Crippen LogP contribution in [-0.4, -0.2) is 14.2 Å². The monoisotopic (exact) mass is 438 g/mol. The highest BCUT2D eigenvalue weighted by atomic mass is 16.5. The molecule has 33 heavy (non-hydrogen) atoms. The molecule has 3 heteroatoms. The molecule has 0 aliphatic heterocycles. The lowest BCUT2D eigenvalue weighted by Crippen LogP contribution is -1.94. The van der Waals surface area contributed by atoms with Crippen molar-refractivity contribution < 1.29 is 14.2 Å². The first-order valence-electron chi connectivity index (χ1n) is 11.3. The minimum absolute atomic E-state index is 0.864. The highest BCUT2D eigenvalue weighted by Crippen LogP contribution is 2.25. The van der Waals surface area contributed by atoms with Gasteiger partial charge in [-0.3, -0.25) is 0 Å². The van der Waals surface area contributed by atoms with Crippen LogP contribution in [0.4, 0.5) is 0 Å². The lowest BCUT2D eigenvalue weighted by Gasteiger charge is -2.10. The molecule has 4 rings (SSSR count). The van der Waals surface area contributed by atoms with E-state index in [0.717, 1.165) is 48.7 Å². The largest absolute Gasteiger partial charge is 0.497 e. The molecular formula is C30H30O3. The van der Waals surface area contributed by atoms with Crippen molar-refractivity contribution in [2.45, 2.75) is 25.7 Å². The molecule has 4 aromatic carbocycles. The number of rotatable bonds is 10. The molecule has 168 valence electrons. The van der Waals surface area contributed by atoms with Crippen LogP contribution in [0.3, 0.4) is 0 Å². The van der Waals surface area contributed by atoms with E-state index in [1.807, 2.05) is 36.4 Å². The Kier molecular flexibility index (Phi) is 7.65. The molecule has 4 aromatic rings. The van der Waals surface area contributed by atoms with Gasteiger partial charge in [0, 0.05) is 0 Å². The van der Waals surface area contributed by atoms with Crippen LogP contribution < -0.4 is 14.2 Å². The second-order valence-corrected chi connectivity index (χ2v) is 8.10. The van der Waals surface area contributed by atoms with E-state index < -0.39 is 0 Å². The maximum absolute atomic E-state index is 6.20. The summed E-state index contributed by atoms with van der Waals surface area (Å²) in [5, 5.41) is 0. The number of benzene rings is 4. The van der Waals surface area contributed by atoms with Crippen molar-refractivity contribution in [3.63, 3.8) is 0 Å². The maximum atomic E-state index is 6.20. The van der Waals surface area contributed by atoms with Crippen LogP contribution in [-0.2, 0) is 25.7 Å². The van der Waals surface area contributed by atoms with Crippen molar-refractivity contribution in [2.24, 2.45) is 0 Å². The fraction of sp³-hybridized carbons (Fsp3) is 0.200. The van der Waals surface area contributed by atoms with E-state index in [4.69, 9.17) is 14.2 Å². The summed E-state index contributed by atoms with van der Waals surface area (Å²) in [7, 11) is 3.40. The third-order valence-corrected chi connectivity index (χ3v) is 5.71. The SMILES string of the molecule is COc1cccc(CCc2cccc(Oc3cccc(CCc4cccc(OC)c4)c3)c2)c1. The normalized spacial score (nSPS) is 10.6. The Morgan fingerprint density at radius 1 is 0.424 bits per heavy atom. The van der Waals surface area contributed by atoms with Gasteiger partial charge in [-0.1, -0.05) is 48.5 Å². The highest BCUT2D eigenvalue weighted by Gasteiger charge is 2.04. The van der Waals surface area contributed by atoms with Gasteiger partial charge in [-0.15, -0.1) is 0 Å². The maximum Gasteiger partial charge on any atom is 0.127 e. The Morgan fingerprint density at radius 3 is 1.06 bits per heavy atom. The minimum atomic E-state index is 0.864. The van der Waals surface area contributed by atoms with Gasteiger partial charge in [0.05, 0.1) is 14.2 Å². The first-order valence-corrected chi connectivity index (χ1v) is 11.3. The van der Waals surface area contributed by atoms with Crippen molar-refractivity contribution in [1.29, 1.82) is 0 Å². The van der Waals surface area contributed by atoms with Crippen LogP contribution in [0, 0.1) is 0 Å². The molecule has 0 saturated heterocycles. The van der Waals surface area contributed by atoms with Gasteiger partial charge in [-0.2, -0.15) is 0 Å². The smallest absolute Gasteiger partial charge is 0.127 e. The van der Waals surface area contributed by atoms with Crippen molar-refractivity contribution in [3.05, 3.63) is 119 Å². The van der Waals surface area contributed by atoms with Gasteiger partial charge in [0.1, 0.15) is 23.0 Å². The van der Waals surface area contributed by atoms with Gasteiger partial charge >= 0.3 is 0 Å². The standard InChI is InChI=1S/C30H30O3/c1-31-27-11-3-7-23(19-27)15-17-25-9-5-13-29(21-25)33-30-14-6-10-26(22-30)18-16-24-8-4-12-28(20-24)32-2/h3-14,19-22H,15-18H2,1-2H3. The van der Waals surface area contributed by atoms with Crippen LogP contribution in [0.1, 0.15) is 22.3 Å². The Balaban J connectivity index is 1.36. The van der Waals surface area contributed by atoms with Crippen LogP contribution in [0.2, 0.25) is 0 Å². The first kappa shape index (κ1) is 22.5. The van der Waals surface area contributed by atoms with Crippen LogP contribution in [0.15, 0.2) is 97.1 Å². The topological polar surface area (TPSA) is 27.7 Å². The number of hydrogen-bond acceptors (Lipinski definition) is 3. The Morgan fingerprint density at radius 2 is 0.727 bits per heavy atom. The fourth-order valence-electron chi connectivity index (χ4n) is 3.90. The molecule has 3 nitrogen and oxygen atoms in total. The molecule has 0 unspecified atom stereocenters. The predicted molar refractivity (Wildman–Crippen MR) is 134 cm³/mol. The second-order valence-electron chi connectivity index (χ2n) is 8.10. The number of aryl methyl sites for hydroxylation is 4. The molecule has 0 atom stereocenters. The molecule has 0 radical (unpaired) electrons. The summed E-state index contributed by atoms with van der Waals surface area (Å²) in [6.07, 6.45) is 3.82. The summed E-state index contributed by atoms with van der Waals surface area (Å²) in [4.78, 5) is 0. The average molecular weight is 439 g/mol. The van der Waals surface area contributed by atoms with Crippen molar-refractivity contribution >= 4 is 0 Å². The fourth-order valence-corrected chi connectivity index (χ4v) is 3.90. The van der Waals surface area contributed by atoms with Crippen molar-refractivity contribution in [2.75, 3.05) is 14.2 Å². The summed E-state index contributed by atoms with van der Waals surface area (Å²) >= 11 is 0. The van der Waals surface area contributed by atoms with Crippen molar-refractivity contribution in [3.8, 4) is 23.0 Å². The summed E-state index contributed by atoms with van der Waals surface area (Å²) in [6, 6.07) is 33.2. The lowest BCUT2D eigenvalue weighted by molar-refractivity contribution is 0.414. The summed E-state index contributed by atoms with van der Waals surface area (Å²) in [6.45, 7) is 0. The summed E-state index contributed by atoms with van der Waals surface area (Å²) in [5.41, 5.74) is 5.04. The summed E-state index contributed by atoms with van der Waals surface area (Å²) < 4.78 is 16.9. The molecule has 0 aromatic heterocycles. The molecule has 0 fully saturated rings. The van der Waals surface area contributed by atoms with E-state index >= 15 is 0 Å². The molecule has 0 heterocycles. The molecule has 0 aliphatic rings. The van der Waals surface area contributed by atoms with Gasteiger partial charge in [0.15, 0.2) is 0 Å². The van der Waals surface area contributed by atoms with E-state index in [1.54, 1.807) is 14.2 Å². The van der Waals surface area contributed by atoms with E-state index in [2.05, 4.69) is 60.7 Å². The van der Waals surface area contributed by atoms with Gasteiger partial charge in [-0.05, 0) is 96.5 Å². The number of hydrogen-bond donors (Lipinski definition) is 0. The van der Waals surface area contributed by atoms with E-state index in [1.165, 1.54) is 22.3 Å². The van der Waals surface area contributed by atoms with Crippen LogP contribution >= 0.6 is 0 Å². The molecule has 0 amide bonds. The molecule has 0 N–H and O–H groups in total.